The van der Waals surface area contributed by atoms with Crippen molar-refractivity contribution in [3.05, 3.63) is 22.4 Å². The van der Waals surface area contributed by atoms with Crippen molar-refractivity contribution >= 4 is 17.3 Å². The van der Waals surface area contributed by atoms with E-state index in [-0.39, 0.29) is 0 Å². The molecule has 0 aromatic carbocycles. The highest BCUT2D eigenvalue weighted by Gasteiger charge is 2.09. The number of morpholine rings is 1. The fraction of sp³-hybridized carbons (Fsp3) is 0.722. The van der Waals surface area contributed by atoms with Crippen LogP contribution in [0.15, 0.2) is 22.5 Å². The quantitative estimate of drug-likeness (QED) is 0.406. The fourth-order valence-corrected chi connectivity index (χ4v) is 3.70. The summed E-state index contributed by atoms with van der Waals surface area (Å²) in [4.78, 5) is 8.26. The van der Waals surface area contributed by atoms with Crippen LogP contribution >= 0.6 is 11.3 Å². The molecule has 1 saturated heterocycles. The van der Waals surface area contributed by atoms with Gasteiger partial charge in [0.1, 0.15) is 0 Å². The first-order valence-corrected chi connectivity index (χ1v) is 9.93. The van der Waals surface area contributed by atoms with Crippen molar-refractivity contribution in [1.82, 2.24) is 15.5 Å². The van der Waals surface area contributed by atoms with Crippen LogP contribution in [0, 0.1) is 5.92 Å². The largest absolute Gasteiger partial charge is 0.379 e. The summed E-state index contributed by atoms with van der Waals surface area (Å²) < 4.78 is 5.37. The summed E-state index contributed by atoms with van der Waals surface area (Å²) in [6.45, 7) is 9.32. The van der Waals surface area contributed by atoms with Crippen LogP contribution in [-0.2, 0) is 11.2 Å². The molecular weight excluding hydrogens is 320 g/mol. The molecular formula is C18H32N4OS. The van der Waals surface area contributed by atoms with Gasteiger partial charge in [0.2, 0.25) is 0 Å². The third-order valence-electron chi connectivity index (χ3n) is 4.27. The minimum absolute atomic E-state index is 0.600. The molecule has 0 aliphatic carbocycles. The maximum absolute atomic E-state index is 5.37. The zero-order valence-electron chi connectivity index (χ0n) is 15.1. The zero-order chi connectivity index (χ0) is 17.0. The van der Waals surface area contributed by atoms with Crippen molar-refractivity contribution in [2.75, 3.05) is 53.0 Å². The van der Waals surface area contributed by atoms with Gasteiger partial charge in [0, 0.05) is 38.1 Å². The second-order valence-electron chi connectivity index (χ2n) is 6.43. The molecule has 6 heteroatoms. The number of hydrogen-bond donors (Lipinski definition) is 2. The third-order valence-corrected chi connectivity index (χ3v) is 5.17. The lowest BCUT2D eigenvalue weighted by Gasteiger charge is -2.26. The van der Waals surface area contributed by atoms with Crippen LogP contribution in [0.3, 0.4) is 0 Å². The molecule has 0 bridgehead atoms. The van der Waals surface area contributed by atoms with Gasteiger partial charge in [-0.25, -0.2) is 0 Å². The number of thiophene rings is 1. The van der Waals surface area contributed by atoms with Crippen molar-refractivity contribution in [1.29, 1.82) is 0 Å². The Balaban J connectivity index is 1.52. The lowest BCUT2D eigenvalue weighted by molar-refractivity contribution is 0.0372. The monoisotopic (exact) mass is 352 g/mol. The summed E-state index contributed by atoms with van der Waals surface area (Å²) in [5, 5.41) is 9.00. The topological polar surface area (TPSA) is 48.9 Å². The third kappa shape index (κ3) is 7.64. The van der Waals surface area contributed by atoms with Gasteiger partial charge < -0.3 is 15.4 Å². The number of hydrogen-bond acceptors (Lipinski definition) is 4. The second-order valence-corrected chi connectivity index (χ2v) is 7.46. The summed E-state index contributed by atoms with van der Waals surface area (Å²) in [6.07, 6.45) is 3.52. The number of nitrogens with zero attached hydrogens (tertiary/aromatic N) is 2. The molecule has 1 aromatic heterocycles. The van der Waals surface area contributed by atoms with E-state index in [9.17, 15) is 0 Å². The van der Waals surface area contributed by atoms with Crippen molar-refractivity contribution < 1.29 is 4.74 Å². The van der Waals surface area contributed by atoms with Crippen LogP contribution in [0.1, 0.15) is 24.6 Å². The number of ether oxygens (including phenoxy) is 1. The van der Waals surface area contributed by atoms with E-state index in [0.717, 1.165) is 51.8 Å². The number of aliphatic imine (C=N–C) groups is 1. The summed E-state index contributed by atoms with van der Waals surface area (Å²) >= 11 is 1.84. The van der Waals surface area contributed by atoms with Gasteiger partial charge in [0.15, 0.2) is 5.96 Å². The SMILES string of the molecule is CN=C(NCCCCN1CCOCC1)NCC(C)Cc1cccs1. The Kier molecular flexibility index (Phi) is 9.16. The van der Waals surface area contributed by atoms with Crippen LogP contribution < -0.4 is 10.6 Å². The summed E-state index contributed by atoms with van der Waals surface area (Å²) in [6, 6.07) is 4.33. The molecule has 1 unspecified atom stereocenters. The second kappa shape index (κ2) is 11.4. The highest BCUT2D eigenvalue weighted by molar-refractivity contribution is 7.09. The summed E-state index contributed by atoms with van der Waals surface area (Å²) in [5.41, 5.74) is 0. The van der Waals surface area contributed by atoms with E-state index in [2.05, 4.69) is 45.0 Å². The van der Waals surface area contributed by atoms with E-state index in [0.29, 0.717) is 5.92 Å². The fourth-order valence-electron chi connectivity index (χ4n) is 2.83. The minimum Gasteiger partial charge on any atom is -0.379 e. The van der Waals surface area contributed by atoms with E-state index in [1.165, 1.54) is 24.3 Å². The standard InChI is InChI=1S/C18H32N4OS/c1-16(14-17-6-5-13-24-17)15-21-18(19-2)20-7-3-4-8-22-9-11-23-12-10-22/h5-6,13,16H,3-4,7-12,14-15H2,1-2H3,(H2,19,20,21). The highest BCUT2D eigenvalue weighted by atomic mass is 32.1. The predicted octanol–water partition coefficient (Wildman–Crippen LogP) is 2.20. The maximum Gasteiger partial charge on any atom is 0.190 e. The molecule has 136 valence electrons. The Morgan fingerprint density at radius 3 is 2.88 bits per heavy atom. The first-order chi connectivity index (χ1) is 11.8. The molecule has 2 rings (SSSR count). The van der Waals surface area contributed by atoms with E-state index < -0.39 is 0 Å². The van der Waals surface area contributed by atoms with Gasteiger partial charge in [0.25, 0.3) is 0 Å². The van der Waals surface area contributed by atoms with Crippen molar-refractivity contribution in [2.24, 2.45) is 10.9 Å². The normalized spacial score (nSPS) is 17.7. The molecule has 1 aromatic rings. The predicted molar refractivity (Wildman–Crippen MR) is 103 cm³/mol. The highest BCUT2D eigenvalue weighted by Crippen LogP contribution is 2.13. The van der Waals surface area contributed by atoms with Gasteiger partial charge >= 0.3 is 0 Å². The molecule has 2 N–H and O–H groups in total. The van der Waals surface area contributed by atoms with E-state index >= 15 is 0 Å². The van der Waals surface area contributed by atoms with Crippen molar-refractivity contribution in [3.63, 3.8) is 0 Å². The molecule has 24 heavy (non-hydrogen) atoms. The minimum atomic E-state index is 0.600. The lowest BCUT2D eigenvalue weighted by Crippen LogP contribution is -2.40. The van der Waals surface area contributed by atoms with E-state index in [1.54, 1.807) is 0 Å². The molecule has 1 aliphatic heterocycles. The van der Waals surface area contributed by atoms with Crippen LogP contribution in [0.4, 0.5) is 0 Å². The first-order valence-electron chi connectivity index (χ1n) is 9.05. The van der Waals surface area contributed by atoms with E-state index in [4.69, 9.17) is 4.74 Å². The maximum atomic E-state index is 5.37. The Bertz CT molecular complexity index is 458. The Morgan fingerprint density at radius 1 is 1.33 bits per heavy atom. The first kappa shape index (κ1) is 19.2. The average molecular weight is 353 g/mol. The van der Waals surface area contributed by atoms with Gasteiger partial charge in [-0.3, -0.25) is 9.89 Å². The molecule has 5 nitrogen and oxygen atoms in total. The van der Waals surface area contributed by atoms with Crippen LogP contribution in [0.5, 0.6) is 0 Å². The Hall–Kier alpha value is -1.11. The molecule has 0 saturated carbocycles. The van der Waals surface area contributed by atoms with Gasteiger partial charge in [-0.05, 0) is 43.2 Å². The summed E-state index contributed by atoms with van der Waals surface area (Å²) in [5.74, 6) is 1.52. The molecule has 2 heterocycles. The Morgan fingerprint density at radius 2 is 2.17 bits per heavy atom. The van der Waals surface area contributed by atoms with Crippen molar-refractivity contribution in [3.8, 4) is 0 Å². The smallest absolute Gasteiger partial charge is 0.190 e. The molecule has 0 spiro atoms. The van der Waals surface area contributed by atoms with Crippen LogP contribution in [0.25, 0.3) is 0 Å². The van der Waals surface area contributed by atoms with Gasteiger partial charge in [-0.15, -0.1) is 11.3 Å². The van der Waals surface area contributed by atoms with Crippen LogP contribution in [-0.4, -0.2) is 63.8 Å². The zero-order valence-corrected chi connectivity index (χ0v) is 15.9. The van der Waals surface area contributed by atoms with Gasteiger partial charge in [-0.1, -0.05) is 13.0 Å². The van der Waals surface area contributed by atoms with Gasteiger partial charge in [0.05, 0.1) is 13.2 Å². The molecule has 1 atom stereocenters. The van der Waals surface area contributed by atoms with Crippen molar-refractivity contribution in [2.45, 2.75) is 26.2 Å². The number of nitrogens with one attached hydrogen (secondary N) is 2. The Labute approximate surface area is 150 Å². The molecule has 0 radical (unpaired) electrons. The molecule has 1 fully saturated rings. The lowest BCUT2D eigenvalue weighted by atomic mass is 10.1. The average Bonchev–Trinajstić information content (AvgIpc) is 3.11. The number of unbranched alkanes of at least 4 members (excludes halogenated alkanes) is 1. The molecule has 0 amide bonds. The number of rotatable bonds is 9. The van der Waals surface area contributed by atoms with E-state index in [1.807, 2.05) is 18.4 Å². The summed E-state index contributed by atoms with van der Waals surface area (Å²) in [7, 11) is 1.84. The van der Waals surface area contributed by atoms with Crippen LogP contribution in [0.2, 0.25) is 0 Å². The molecule has 1 aliphatic rings. The van der Waals surface area contributed by atoms with Gasteiger partial charge in [-0.2, -0.15) is 0 Å². The number of guanidine groups is 1.